The molecular formula is C11H19N3O. The van der Waals surface area contributed by atoms with Crippen LogP contribution in [0.25, 0.3) is 0 Å². The highest BCUT2D eigenvalue weighted by Gasteiger charge is 2.25. The van der Waals surface area contributed by atoms with E-state index in [2.05, 4.69) is 6.07 Å². The van der Waals surface area contributed by atoms with E-state index in [1.54, 1.807) is 4.90 Å². The van der Waals surface area contributed by atoms with E-state index < -0.39 is 0 Å². The molecule has 0 N–H and O–H groups in total. The summed E-state index contributed by atoms with van der Waals surface area (Å²) in [5.41, 5.74) is -0.269. The summed E-state index contributed by atoms with van der Waals surface area (Å²) in [5, 5.41) is 8.84. The topological polar surface area (TPSA) is 47.3 Å². The molecule has 1 aliphatic heterocycles. The lowest BCUT2D eigenvalue weighted by Gasteiger charge is -2.19. The lowest BCUT2D eigenvalue weighted by Crippen LogP contribution is -2.30. The van der Waals surface area contributed by atoms with Gasteiger partial charge < -0.3 is 9.80 Å². The Kier molecular flexibility index (Phi) is 3.57. The van der Waals surface area contributed by atoms with Crippen LogP contribution in [0.3, 0.4) is 0 Å². The third-order valence-corrected chi connectivity index (χ3v) is 2.83. The van der Waals surface area contributed by atoms with Crippen molar-refractivity contribution >= 4 is 6.03 Å². The predicted molar refractivity (Wildman–Crippen MR) is 58.2 cm³/mol. The third-order valence-electron chi connectivity index (χ3n) is 2.83. The average Bonchev–Trinajstić information content (AvgIpc) is 2.49. The van der Waals surface area contributed by atoms with Crippen molar-refractivity contribution in [3.63, 3.8) is 0 Å². The smallest absolute Gasteiger partial charge is 0.319 e. The fourth-order valence-electron chi connectivity index (χ4n) is 1.68. The number of urea groups is 1. The minimum atomic E-state index is -0.269. The minimum absolute atomic E-state index is 0.116. The van der Waals surface area contributed by atoms with E-state index in [-0.39, 0.29) is 11.4 Å². The van der Waals surface area contributed by atoms with Gasteiger partial charge in [-0.15, -0.1) is 0 Å². The zero-order valence-corrected chi connectivity index (χ0v) is 9.79. The van der Waals surface area contributed by atoms with Crippen molar-refractivity contribution in [2.24, 2.45) is 5.41 Å². The van der Waals surface area contributed by atoms with E-state index in [1.807, 2.05) is 25.8 Å². The Morgan fingerprint density at radius 1 is 1.47 bits per heavy atom. The van der Waals surface area contributed by atoms with Crippen LogP contribution in [0.2, 0.25) is 0 Å². The van der Waals surface area contributed by atoms with E-state index in [4.69, 9.17) is 5.26 Å². The third kappa shape index (κ3) is 3.12. The van der Waals surface area contributed by atoms with E-state index in [0.717, 1.165) is 32.5 Å². The van der Waals surface area contributed by atoms with Gasteiger partial charge in [-0.1, -0.05) is 0 Å². The Morgan fingerprint density at radius 2 is 2.13 bits per heavy atom. The Labute approximate surface area is 91.5 Å². The molecular weight excluding hydrogens is 190 g/mol. The van der Waals surface area contributed by atoms with Crippen molar-refractivity contribution in [2.45, 2.75) is 26.7 Å². The molecule has 1 heterocycles. The fourth-order valence-corrected chi connectivity index (χ4v) is 1.68. The SMILES string of the molecule is CN1CCN(CCCC(C)(C)C#N)C1=O. The number of carbonyl (C=O) groups is 1. The molecule has 1 fully saturated rings. The highest BCUT2D eigenvalue weighted by molar-refractivity contribution is 5.76. The Bertz CT molecular complexity index is 280. The first-order valence-corrected chi connectivity index (χ1v) is 5.37. The molecule has 0 aromatic heterocycles. The molecule has 84 valence electrons. The number of amides is 2. The van der Waals surface area contributed by atoms with Crippen molar-refractivity contribution in [1.82, 2.24) is 9.80 Å². The van der Waals surface area contributed by atoms with Crippen LogP contribution in [0.4, 0.5) is 4.79 Å². The number of hydrogen-bond donors (Lipinski definition) is 0. The maximum atomic E-state index is 11.5. The number of nitriles is 1. The van der Waals surface area contributed by atoms with Crippen molar-refractivity contribution in [3.05, 3.63) is 0 Å². The first-order valence-electron chi connectivity index (χ1n) is 5.37. The Hall–Kier alpha value is -1.24. The van der Waals surface area contributed by atoms with E-state index in [0.29, 0.717) is 0 Å². The summed E-state index contributed by atoms with van der Waals surface area (Å²) in [6, 6.07) is 2.39. The number of carbonyl (C=O) groups excluding carboxylic acids is 1. The van der Waals surface area contributed by atoms with Crippen LogP contribution in [0.1, 0.15) is 26.7 Å². The zero-order valence-electron chi connectivity index (χ0n) is 9.79. The van der Waals surface area contributed by atoms with Crippen molar-refractivity contribution < 1.29 is 4.79 Å². The highest BCUT2D eigenvalue weighted by Crippen LogP contribution is 2.21. The molecule has 0 aromatic carbocycles. The molecule has 1 saturated heterocycles. The number of hydrogen-bond acceptors (Lipinski definition) is 2. The molecule has 15 heavy (non-hydrogen) atoms. The monoisotopic (exact) mass is 209 g/mol. The molecule has 0 atom stereocenters. The molecule has 0 saturated carbocycles. The highest BCUT2D eigenvalue weighted by atomic mass is 16.2. The van der Waals surface area contributed by atoms with E-state index in [1.165, 1.54) is 0 Å². The van der Waals surface area contributed by atoms with Gasteiger partial charge in [0.1, 0.15) is 0 Å². The molecule has 4 nitrogen and oxygen atoms in total. The van der Waals surface area contributed by atoms with Crippen LogP contribution in [-0.4, -0.2) is 42.5 Å². The summed E-state index contributed by atoms with van der Waals surface area (Å²) in [7, 11) is 1.82. The molecule has 0 aromatic rings. The van der Waals surface area contributed by atoms with E-state index in [9.17, 15) is 4.79 Å². The number of rotatable bonds is 4. The molecule has 0 radical (unpaired) electrons. The van der Waals surface area contributed by atoms with E-state index >= 15 is 0 Å². The van der Waals surface area contributed by atoms with Crippen LogP contribution in [0.5, 0.6) is 0 Å². The van der Waals surface area contributed by atoms with Gasteiger partial charge >= 0.3 is 6.03 Å². The van der Waals surface area contributed by atoms with Crippen LogP contribution >= 0.6 is 0 Å². The fraction of sp³-hybridized carbons (Fsp3) is 0.818. The molecule has 1 rings (SSSR count). The van der Waals surface area contributed by atoms with Gasteiger partial charge in [-0.3, -0.25) is 0 Å². The van der Waals surface area contributed by atoms with Gasteiger partial charge in [-0.2, -0.15) is 5.26 Å². The van der Waals surface area contributed by atoms with Crippen LogP contribution in [0.15, 0.2) is 0 Å². The van der Waals surface area contributed by atoms with Gasteiger partial charge in [-0.25, -0.2) is 4.79 Å². The van der Waals surface area contributed by atoms with Crippen LogP contribution in [0, 0.1) is 16.7 Å². The second-order valence-corrected chi connectivity index (χ2v) is 4.79. The standard InChI is InChI=1S/C11H19N3O/c1-11(2,9-12)5-4-6-14-8-7-13(3)10(14)15/h4-8H2,1-3H3. The van der Waals surface area contributed by atoms with Gasteiger partial charge in [0.15, 0.2) is 0 Å². The summed E-state index contributed by atoms with van der Waals surface area (Å²) >= 11 is 0. The largest absolute Gasteiger partial charge is 0.326 e. The first-order chi connectivity index (χ1) is 6.96. The Balaban J connectivity index is 2.28. The predicted octanol–water partition coefficient (Wildman–Crippen LogP) is 1.68. The van der Waals surface area contributed by atoms with Gasteiger partial charge in [0.25, 0.3) is 0 Å². The number of nitrogens with zero attached hydrogens (tertiary/aromatic N) is 3. The summed E-state index contributed by atoms with van der Waals surface area (Å²) in [6.07, 6.45) is 1.75. The average molecular weight is 209 g/mol. The van der Waals surface area contributed by atoms with Gasteiger partial charge in [0.05, 0.1) is 11.5 Å². The molecule has 0 aliphatic carbocycles. The lowest BCUT2D eigenvalue weighted by molar-refractivity contribution is 0.196. The molecule has 0 unspecified atom stereocenters. The summed E-state index contributed by atoms with van der Waals surface area (Å²) in [5.74, 6) is 0. The summed E-state index contributed by atoms with van der Waals surface area (Å²) in [6.45, 7) is 6.28. The maximum absolute atomic E-state index is 11.5. The van der Waals surface area contributed by atoms with Crippen molar-refractivity contribution in [1.29, 1.82) is 5.26 Å². The quantitative estimate of drug-likeness (QED) is 0.707. The number of likely N-dealkylation sites (N-methyl/N-ethyl adjacent to an activating group) is 1. The normalized spacial score (nSPS) is 17.1. The van der Waals surface area contributed by atoms with Gasteiger partial charge in [0, 0.05) is 26.7 Å². The molecule has 4 heteroatoms. The van der Waals surface area contributed by atoms with Crippen molar-refractivity contribution in [3.8, 4) is 6.07 Å². The summed E-state index contributed by atoms with van der Waals surface area (Å²) < 4.78 is 0. The van der Waals surface area contributed by atoms with Gasteiger partial charge in [0.2, 0.25) is 0 Å². The van der Waals surface area contributed by atoms with Crippen molar-refractivity contribution in [2.75, 3.05) is 26.7 Å². The molecule has 0 bridgehead atoms. The van der Waals surface area contributed by atoms with Crippen LogP contribution in [-0.2, 0) is 0 Å². The molecule has 0 spiro atoms. The minimum Gasteiger partial charge on any atom is -0.326 e. The Morgan fingerprint density at radius 3 is 2.60 bits per heavy atom. The maximum Gasteiger partial charge on any atom is 0.319 e. The summed E-state index contributed by atoms with van der Waals surface area (Å²) in [4.78, 5) is 15.1. The second kappa shape index (κ2) is 4.52. The lowest BCUT2D eigenvalue weighted by atomic mass is 9.90. The molecule has 2 amide bonds. The second-order valence-electron chi connectivity index (χ2n) is 4.79. The zero-order chi connectivity index (χ0) is 11.5. The first kappa shape index (κ1) is 11.8. The molecule has 1 aliphatic rings. The van der Waals surface area contributed by atoms with Gasteiger partial charge in [-0.05, 0) is 26.7 Å². The van der Waals surface area contributed by atoms with Crippen LogP contribution < -0.4 is 0 Å².